The van der Waals surface area contributed by atoms with Gasteiger partial charge < -0.3 is 5.73 Å². The zero-order chi connectivity index (χ0) is 14.8. The van der Waals surface area contributed by atoms with Crippen LogP contribution in [0.4, 0.5) is 13.2 Å². The van der Waals surface area contributed by atoms with Crippen LogP contribution in [0.25, 0.3) is 5.69 Å². The number of rotatable bonds is 4. The molecule has 0 unspecified atom stereocenters. The minimum Gasteiger partial charge on any atom is -0.330 e. The van der Waals surface area contributed by atoms with E-state index >= 15 is 0 Å². The summed E-state index contributed by atoms with van der Waals surface area (Å²) in [6.45, 7) is 2.27. The number of benzene rings is 1. The van der Waals surface area contributed by atoms with Gasteiger partial charge in [-0.2, -0.15) is 13.2 Å². The molecule has 4 nitrogen and oxygen atoms in total. The molecule has 1 heterocycles. The molecule has 0 saturated heterocycles. The van der Waals surface area contributed by atoms with Crippen LogP contribution in [0.15, 0.2) is 24.4 Å². The zero-order valence-corrected chi connectivity index (χ0v) is 11.0. The minimum absolute atomic E-state index is 0.381. The van der Waals surface area contributed by atoms with Crippen molar-refractivity contribution < 1.29 is 13.2 Å². The molecule has 0 amide bonds. The number of hydrogen-bond donors (Lipinski definition) is 1. The highest BCUT2D eigenvalue weighted by Crippen LogP contribution is 2.31. The van der Waals surface area contributed by atoms with Crippen LogP contribution in [-0.4, -0.2) is 21.5 Å². The number of alkyl halides is 3. The van der Waals surface area contributed by atoms with Gasteiger partial charge in [-0.1, -0.05) is 11.3 Å². The lowest BCUT2D eigenvalue weighted by molar-refractivity contribution is -0.137. The van der Waals surface area contributed by atoms with E-state index < -0.39 is 11.7 Å². The van der Waals surface area contributed by atoms with Crippen molar-refractivity contribution in [2.24, 2.45) is 5.73 Å². The number of aryl methyl sites for hydroxylation is 2. The molecule has 0 saturated carbocycles. The SMILES string of the molecule is Cc1ccc(C(F)(F)F)cc1-n1cc(CCCN)nn1. The van der Waals surface area contributed by atoms with Crippen LogP contribution in [0.3, 0.4) is 0 Å². The number of hydrogen-bond acceptors (Lipinski definition) is 3. The minimum atomic E-state index is -4.37. The van der Waals surface area contributed by atoms with Gasteiger partial charge in [0.2, 0.25) is 0 Å². The summed E-state index contributed by atoms with van der Waals surface area (Å²) >= 11 is 0. The first kappa shape index (κ1) is 14.5. The zero-order valence-electron chi connectivity index (χ0n) is 11.0. The largest absolute Gasteiger partial charge is 0.416 e. The van der Waals surface area contributed by atoms with Crippen LogP contribution in [0, 0.1) is 6.92 Å². The lowest BCUT2D eigenvalue weighted by atomic mass is 10.1. The molecular weight excluding hydrogens is 269 g/mol. The molecule has 7 heteroatoms. The molecule has 2 aromatic rings. The van der Waals surface area contributed by atoms with Crippen LogP contribution in [0.5, 0.6) is 0 Å². The predicted molar refractivity (Wildman–Crippen MR) is 68.5 cm³/mol. The summed E-state index contributed by atoms with van der Waals surface area (Å²) in [7, 11) is 0. The molecule has 0 spiro atoms. The van der Waals surface area contributed by atoms with Crippen molar-refractivity contribution in [1.29, 1.82) is 0 Å². The van der Waals surface area contributed by atoms with E-state index in [1.54, 1.807) is 13.1 Å². The van der Waals surface area contributed by atoms with E-state index in [0.29, 0.717) is 29.9 Å². The smallest absolute Gasteiger partial charge is 0.330 e. The normalized spacial score (nSPS) is 11.8. The monoisotopic (exact) mass is 284 g/mol. The second-order valence-electron chi connectivity index (χ2n) is 4.55. The number of nitrogens with two attached hydrogens (primary N) is 1. The topological polar surface area (TPSA) is 56.7 Å². The van der Waals surface area contributed by atoms with Gasteiger partial charge in [-0.3, -0.25) is 0 Å². The second-order valence-corrected chi connectivity index (χ2v) is 4.55. The van der Waals surface area contributed by atoms with Gasteiger partial charge in [0.15, 0.2) is 0 Å². The van der Waals surface area contributed by atoms with Crippen LogP contribution in [0.1, 0.15) is 23.2 Å². The quantitative estimate of drug-likeness (QED) is 0.938. The molecule has 2 N–H and O–H groups in total. The van der Waals surface area contributed by atoms with Gasteiger partial charge in [0, 0.05) is 0 Å². The number of halogens is 3. The summed E-state index contributed by atoms with van der Waals surface area (Å²) in [4.78, 5) is 0. The first-order valence-corrected chi connectivity index (χ1v) is 6.21. The summed E-state index contributed by atoms with van der Waals surface area (Å²) in [5.41, 5.74) is 6.51. The molecule has 0 aliphatic carbocycles. The van der Waals surface area contributed by atoms with Crippen molar-refractivity contribution in [2.75, 3.05) is 6.54 Å². The maximum atomic E-state index is 12.7. The number of nitrogens with zero attached hydrogens (tertiary/aromatic N) is 3. The van der Waals surface area contributed by atoms with Gasteiger partial charge in [0.1, 0.15) is 0 Å². The maximum absolute atomic E-state index is 12.7. The maximum Gasteiger partial charge on any atom is 0.416 e. The first-order valence-electron chi connectivity index (χ1n) is 6.21. The summed E-state index contributed by atoms with van der Waals surface area (Å²) in [5.74, 6) is 0. The van der Waals surface area contributed by atoms with E-state index in [0.717, 1.165) is 18.6 Å². The molecule has 20 heavy (non-hydrogen) atoms. The van der Waals surface area contributed by atoms with Gasteiger partial charge in [0.25, 0.3) is 0 Å². The van der Waals surface area contributed by atoms with Gasteiger partial charge in [-0.15, -0.1) is 5.10 Å². The molecule has 1 aromatic heterocycles. The summed E-state index contributed by atoms with van der Waals surface area (Å²) in [6.07, 6.45) is -1.31. The third-order valence-corrected chi connectivity index (χ3v) is 2.96. The molecule has 0 aliphatic heterocycles. The van der Waals surface area contributed by atoms with Crippen LogP contribution >= 0.6 is 0 Å². The van der Waals surface area contributed by atoms with Gasteiger partial charge >= 0.3 is 6.18 Å². The summed E-state index contributed by atoms with van der Waals surface area (Å²) < 4.78 is 39.6. The Labute approximate surface area is 114 Å². The van der Waals surface area contributed by atoms with Gasteiger partial charge in [-0.25, -0.2) is 4.68 Å². The van der Waals surface area contributed by atoms with Crippen molar-refractivity contribution in [2.45, 2.75) is 25.9 Å². The van der Waals surface area contributed by atoms with E-state index in [-0.39, 0.29) is 0 Å². The molecule has 108 valence electrons. The highest BCUT2D eigenvalue weighted by Gasteiger charge is 2.31. The van der Waals surface area contributed by atoms with E-state index in [1.165, 1.54) is 10.7 Å². The molecule has 0 aliphatic rings. The Morgan fingerprint density at radius 1 is 1.30 bits per heavy atom. The Balaban J connectivity index is 2.34. The van der Waals surface area contributed by atoms with Gasteiger partial charge in [0.05, 0.1) is 23.1 Å². The summed E-state index contributed by atoms with van der Waals surface area (Å²) in [6, 6.07) is 3.57. The standard InChI is InChI=1S/C13H15F3N4/c1-9-4-5-10(13(14,15)16)7-12(9)20-8-11(18-19-20)3-2-6-17/h4-5,7-8H,2-3,6,17H2,1H3. The molecule has 0 atom stereocenters. The van der Waals surface area contributed by atoms with E-state index in [9.17, 15) is 13.2 Å². The van der Waals surface area contributed by atoms with Gasteiger partial charge in [-0.05, 0) is 44.0 Å². The first-order chi connectivity index (χ1) is 9.41. The van der Waals surface area contributed by atoms with Crippen molar-refractivity contribution in [3.63, 3.8) is 0 Å². The van der Waals surface area contributed by atoms with Crippen molar-refractivity contribution in [3.8, 4) is 5.69 Å². The fourth-order valence-corrected chi connectivity index (χ4v) is 1.85. The lowest BCUT2D eigenvalue weighted by Gasteiger charge is -2.10. The fourth-order valence-electron chi connectivity index (χ4n) is 1.85. The third-order valence-electron chi connectivity index (χ3n) is 2.96. The molecule has 1 aromatic carbocycles. The molecule has 0 bridgehead atoms. The Morgan fingerprint density at radius 3 is 2.70 bits per heavy atom. The predicted octanol–water partition coefficient (Wildman–Crippen LogP) is 2.49. The second kappa shape index (κ2) is 5.62. The van der Waals surface area contributed by atoms with Crippen molar-refractivity contribution in [1.82, 2.24) is 15.0 Å². The lowest BCUT2D eigenvalue weighted by Crippen LogP contribution is -2.07. The Hall–Kier alpha value is -1.89. The van der Waals surface area contributed by atoms with Crippen LogP contribution < -0.4 is 5.73 Å². The van der Waals surface area contributed by atoms with Crippen LogP contribution in [-0.2, 0) is 12.6 Å². The average Bonchev–Trinajstić information content (AvgIpc) is 2.84. The molecular formula is C13H15F3N4. The van der Waals surface area contributed by atoms with Crippen molar-refractivity contribution in [3.05, 3.63) is 41.2 Å². The van der Waals surface area contributed by atoms with E-state index in [2.05, 4.69) is 10.3 Å². The summed E-state index contributed by atoms with van der Waals surface area (Å²) in [5, 5.41) is 7.82. The Kier molecular flexibility index (Phi) is 4.08. The average molecular weight is 284 g/mol. The Bertz CT molecular complexity index is 590. The highest BCUT2D eigenvalue weighted by atomic mass is 19.4. The van der Waals surface area contributed by atoms with E-state index in [4.69, 9.17) is 5.73 Å². The Morgan fingerprint density at radius 2 is 2.05 bits per heavy atom. The molecule has 0 radical (unpaired) electrons. The third kappa shape index (κ3) is 3.16. The highest BCUT2D eigenvalue weighted by molar-refractivity contribution is 5.43. The van der Waals surface area contributed by atoms with E-state index in [1.807, 2.05) is 0 Å². The van der Waals surface area contributed by atoms with Crippen LogP contribution in [0.2, 0.25) is 0 Å². The fraction of sp³-hybridized carbons (Fsp3) is 0.385. The number of aromatic nitrogens is 3. The molecule has 0 fully saturated rings. The molecule has 2 rings (SSSR count). The van der Waals surface area contributed by atoms with Crippen molar-refractivity contribution >= 4 is 0 Å².